The van der Waals surface area contributed by atoms with E-state index in [1.54, 1.807) is 0 Å². The minimum absolute atomic E-state index is 0.429. The van der Waals surface area contributed by atoms with Crippen LogP contribution >= 0.6 is 22.9 Å². The Hall–Kier alpha value is -0.970. The van der Waals surface area contributed by atoms with E-state index in [-0.39, 0.29) is 0 Å². The maximum absolute atomic E-state index is 5.87. The summed E-state index contributed by atoms with van der Waals surface area (Å²) in [7, 11) is 0. The maximum atomic E-state index is 5.87. The van der Waals surface area contributed by atoms with Crippen molar-refractivity contribution in [2.24, 2.45) is 5.73 Å². The smallest absolute Gasteiger partial charge is 0.147 e. The van der Waals surface area contributed by atoms with Crippen LogP contribution in [0.4, 0.5) is 0 Å². The van der Waals surface area contributed by atoms with E-state index in [2.05, 4.69) is 10.2 Å². The van der Waals surface area contributed by atoms with Gasteiger partial charge in [0.1, 0.15) is 10.0 Å². The molecular weight excluding hydrogens is 218 g/mol. The molecule has 1 heterocycles. The SMILES string of the molecule is NCc1nnc(-c2cccc(Cl)c2)s1. The fraction of sp³-hybridized carbons (Fsp3) is 0.111. The number of hydrogen-bond donors (Lipinski definition) is 1. The molecule has 0 spiro atoms. The summed E-state index contributed by atoms with van der Waals surface area (Å²) in [5.74, 6) is 0. The van der Waals surface area contributed by atoms with Gasteiger partial charge in [0.05, 0.1) is 0 Å². The minimum atomic E-state index is 0.429. The minimum Gasteiger partial charge on any atom is -0.324 e. The molecule has 0 unspecified atom stereocenters. The second-order valence-corrected chi connectivity index (χ2v) is 4.21. The van der Waals surface area contributed by atoms with Crippen LogP contribution in [0.25, 0.3) is 10.6 Å². The molecule has 2 rings (SSSR count). The molecule has 0 radical (unpaired) electrons. The van der Waals surface area contributed by atoms with E-state index in [4.69, 9.17) is 17.3 Å². The predicted molar refractivity (Wildman–Crippen MR) is 58.2 cm³/mol. The maximum Gasteiger partial charge on any atom is 0.147 e. The first-order chi connectivity index (χ1) is 6.79. The van der Waals surface area contributed by atoms with Crippen molar-refractivity contribution in [1.29, 1.82) is 0 Å². The topological polar surface area (TPSA) is 51.8 Å². The van der Waals surface area contributed by atoms with E-state index in [0.29, 0.717) is 11.6 Å². The van der Waals surface area contributed by atoms with Crippen molar-refractivity contribution in [3.05, 3.63) is 34.3 Å². The third-order valence-corrected chi connectivity index (χ3v) is 2.94. The Labute approximate surface area is 90.5 Å². The Morgan fingerprint density at radius 1 is 1.36 bits per heavy atom. The highest BCUT2D eigenvalue weighted by Gasteiger charge is 2.05. The van der Waals surface area contributed by atoms with Gasteiger partial charge in [0.25, 0.3) is 0 Å². The van der Waals surface area contributed by atoms with Gasteiger partial charge in [0.15, 0.2) is 0 Å². The van der Waals surface area contributed by atoms with Crippen LogP contribution in [0.5, 0.6) is 0 Å². The van der Waals surface area contributed by atoms with Crippen LogP contribution in [-0.4, -0.2) is 10.2 Å². The standard InChI is InChI=1S/C9H8ClN3S/c10-7-3-1-2-6(4-7)9-13-12-8(5-11)14-9/h1-4H,5,11H2. The molecule has 0 atom stereocenters. The summed E-state index contributed by atoms with van der Waals surface area (Å²) in [6, 6.07) is 7.53. The van der Waals surface area contributed by atoms with Gasteiger partial charge in [-0.1, -0.05) is 35.1 Å². The zero-order valence-electron chi connectivity index (χ0n) is 7.27. The molecule has 14 heavy (non-hydrogen) atoms. The summed E-state index contributed by atoms with van der Waals surface area (Å²) < 4.78 is 0. The molecule has 0 fully saturated rings. The van der Waals surface area contributed by atoms with Crippen molar-refractivity contribution < 1.29 is 0 Å². The molecule has 0 aliphatic carbocycles. The monoisotopic (exact) mass is 225 g/mol. The molecule has 1 aromatic carbocycles. The molecular formula is C9H8ClN3S. The molecule has 0 aliphatic rings. The van der Waals surface area contributed by atoms with Gasteiger partial charge in [-0.15, -0.1) is 10.2 Å². The number of hydrogen-bond acceptors (Lipinski definition) is 4. The van der Waals surface area contributed by atoms with Gasteiger partial charge in [-0.2, -0.15) is 0 Å². The Balaban J connectivity index is 2.39. The van der Waals surface area contributed by atoms with Crippen molar-refractivity contribution in [3.8, 4) is 10.6 Å². The number of nitrogens with zero attached hydrogens (tertiary/aromatic N) is 2. The third-order valence-electron chi connectivity index (χ3n) is 1.71. The van der Waals surface area contributed by atoms with Crippen LogP contribution in [0.1, 0.15) is 5.01 Å². The van der Waals surface area contributed by atoms with E-state index < -0.39 is 0 Å². The van der Waals surface area contributed by atoms with Crippen molar-refractivity contribution in [2.45, 2.75) is 6.54 Å². The number of benzene rings is 1. The first kappa shape index (κ1) is 9.58. The average Bonchev–Trinajstić information content (AvgIpc) is 2.66. The number of nitrogens with two attached hydrogens (primary N) is 1. The average molecular weight is 226 g/mol. The Morgan fingerprint density at radius 2 is 2.21 bits per heavy atom. The van der Waals surface area contributed by atoms with Crippen LogP contribution in [-0.2, 0) is 6.54 Å². The van der Waals surface area contributed by atoms with Gasteiger partial charge in [-0.05, 0) is 12.1 Å². The zero-order chi connectivity index (χ0) is 9.97. The van der Waals surface area contributed by atoms with Crippen molar-refractivity contribution in [3.63, 3.8) is 0 Å². The predicted octanol–water partition coefficient (Wildman–Crippen LogP) is 2.32. The summed E-state index contributed by atoms with van der Waals surface area (Å²) in [5, 5.41) is 10.4. The van der Waals surface area contributed by atoms with Crippen LogP contribution in [0.3, 0.4) is 0 Å². The Bertz CT molecular complexity index is 441. The second kappa shape index (κ2) is 4.04. The largest absolute Gasteiger partial charge is 0.324 e. The molecule has 3 nitrogen and oxygen atoms in total. The highest BCUT2D eigenvalue weighted by atomic mass is 35.5. The first-order valence-electron chi connectivity index (χ1n) is 4.08. The lowest BCUT2D eigenvalue weighted by atomic mass is 10.2. The lowest BCUT2D eigenvalue weighted by Crippen LogP contribution is -1.94. The summed E-state index contributed by atoms with van der Waals surface area (Å²) in [4.78, 5) is 0. The summed E-state index contributed by atoms with van der Waals surface area (Å²) >= 11 is 7.36. The summed E-state index contributed by atoms with van der Waals surface area (Å²) in [5.41, 5.74) is 6.43. The van der Waals surface area contributed by atoms with E-state index in [9.17, 15) is 0 Å². The lowest BCUT2D eigenvalue weighted by molar-refractivity contribution is 0.960. The van der Waals surface area contributed by atoms with Gasteiger partial charge in [0, 0.05) is 17.1 Å². The summed E-state index contributed by atoms with van der Waals surface area (Å²) in [6.45, 7) is 0.429. The van der Waals surface area contributed by atoms with Crippen LogP contribution in [0.15, 0.2) is 24.3 Å². The lowest BCUT2D eigenvalue weighted by Gasteiger charge is -1.94. The molecule has 0 saturated heterocycles. The van der Waals surface area contributed by atoms with Crippen molar-refractivity contribution in [1.82, 2.24) is 10.2 Å². The Kier molecular flexibility index (Phi) is 2.77. The fourth-order valence-electron chi connectivity index (χ4n) is 1.07. The molecule has 2 aromatic rings. The number of rotatable bonds is 2. The van der Waals surface area contributed by atoms with Crippen molar-refractivity contribution >= 4 is 22.9 Å². The molecule has 0 amide bonds. The summed E-state index contributed by atoms with van der Waals surface area (Å²) in [6.07, 6.45) is 0. The van der Waals surface area contributed by atoms with E-state index in [0.717, 1.165) is 15.6 Å². The van der Waals surface area contributed by atoms with Crippen LogP contribution < -0.4 is 5.73 Å². The van der Waals surface area contributed by atoms with Crippen molar-refractivity contribution in [2.75, 3.05) is 0 Å². The zero-order valence-corrected chi connectivity index (χ0v) is 8.85. The van der Waals surface area contributed by atoms with E-state index in [1.165, 1.54) is 11.3 Å². The first-order valence-corrected chi connectivity index (χ1v) is 5.27. The highest BCUT2D eigenvalue weighted by molar-refractivity contribution is 7.14. The highest BCUT2D eigenvalue weighted by Crippen LogP contribution is 2.25. The molecule has 2 N–H and O–H groups in total. The van der Waals surface area contributed by atoms with E-state index in [1.807, 2.05) is 24.3 Å². The molecule has 0 bridgehead atoms. The molecule has 5 heteroatoms. The van der Waals surface area contributed by atoms with Gasteiger partial charge in [-0.3, -0.25) is 0 Å². The van der Waals surface area contributed by atoms with Crippen LogP contribution in [0.2, 0.25) is 5.02 Å². The molecule has 0 saturated carbocycles. The van der Waals surface area contributed by atoms with Gasteiger partial charge >= 0.3 is 0 Å². The van der Waals surface area contributed by atoms with Gasteiger partial charge in [0.2, 0.25) is 0 Å². The second-order valence-electron chi connectivity index (χ2n) is 2.72. The van der Waals surface area contributed by atoms with Crippen LogP contribution in [0, 0.1) is 0 Å². The van der Waals surface area contributed by atoms with Gasteiger partial charge in [-0.25, -0.2) is 0 Å². The van der Waals surface area contributed by atoms with E-state index >= 15 is 0 Å². The Morgan fingerprint density at radius 3 is 2.86 bits per heavy atom. The number of aromatic nitrogens is 2. The number of halogens is 1. The molecule has 1 aromatic heterocycles. The quantitative estimate of drug-likeness (QED) is 0.854. The molecule has 72 valence electrons. The van der Waals surface area contributed by atoms with Gasteiger partial charge < -0.3 is 5.73 Å². The molecule has 0 aliphatic heterocycles. The third kappa shape index (κ3) is 1.92. The normalized spacial score (nSPS) is 10.4. The fourth-order valence-corrected chi connectivity index (χ4v) is 1.98.